The molecule has 106 valence electrons. The highest BCUT2D eigenvalue weighted by molar-refractivity contribution is 5.43. The second-order valence-electron chi connectivity index (χ2n) is 6.73. The van der Waals surface area contributed by atoms with Gasteiger partial charge in [0.05, 0.1) is 0 Å². The first-order valence-electron chi connectivity index (χ1n) is 8.09. The Balaban J connectivity index is 2.08. The van der Waals surface area contributed by atoms with Crippen LogP contribution in [0, 0.1) is 39.5 Å². The Morgan fingerprint density at radius 3 is 2.00 bits per heavy atom. The van der Waals surface area contributed by atoms with Crippen molar-refractivity contribution in [3.63, 3.8) is 0 Å². The summed E-state index contributed by atoms with van der Waals surface area (Å²) < 4.78 is 0. The Morgan fingerprint density at radius 1 is 0.842 bits per heavy atom. The van der Waals surface area contributed by atoms with Gasteiger partial charge in [-0.1, -0.05) is 32.3 Å². The van der Waals surface area contributed by atoms with Gasteiger partial charge >= 0.3 is 0 Å². The highest BCUT2D eigenvalue weighted by atomic mass is 14.3. The molecule has 1 aliphatic rings. The highest BCUT2D eigenvalue weighted by Crippen LogP contribution is 2.34. The van der Waals surface area contributed by atoms with Crippen molar-refractivity contribution in [1.29, 1.82) is 0 Å². The first-order chi connectivity index (χ1) is 9.02. The minimum absolute atomic E-state index is 0.933. The van der Waals surface area contributed by atoms with Gasteiger partial charge in [0.1, 0.15) is 0 Å². The molecule has 0 saturated heterocycles. The third-order valence-electron chi connectivity index (χ3n) is 5.64. The molecular formula is C19H30. The van der Waals surface area contributed by atoms with Gasteiger partial charge in [-0.2, -0.15) is 0 Å². The zero-order valence-electron chi connectivity index (χ0n) is 13.5. The number of benzene rings is 1. The third kappa shape index (κ3) is 3.22. The molecule has 19 heavy (non-hydrogen) atoms. The first kappa shape index (κ1) is 14.6. The highest BCUT2D eigenvalue weighted by Gasteiger charge is 2.21. The zero-order valence-corrected chi connectivity index (χ0v) is 13.5. The summed E-state index contributed by atoms with van der Waals surface area (Å²) in [7, 11) is 0. The lowest BCUT2D eigenvalue weighted by atomic mass is 9.77. The zero-order chi connectivity index (χ0) is 14.0. The molecule has 0 heterocycles. The van der Waals surface area contributed by atoms with Crippen molar-refractivity contribution in [2.24, 2.45) is 11.8 Å². The lowest BCUT2D eigenvalue weighted by molar-refractivity contribution is 0.268. The van der Waals surface area contributed by atoms with Crippen molar-refractivity contribution >= 4 is 0 Å². The van der Waals surface area contributed by atoms with Crippen LogP contribution >= 0.6 is 0 Å². The molecule has 1 saturated carbocycles. The Bertz CT molecular complexity index is 434. The number of hydrogen-bond donors (Lipinski definition) is 0. The topological polar surface area (TPSA) is 0 Å². The SMILES string of the molecule is CCC1CCC(Cc2cc(C)c(C)c(C)c2C)CC1. The lowest BCUT2D eigenvalue weighted by Gasteiger charge is -2.28. The lowest BCUT2D eigenvalue weighted by Crippen LogP contribution is -2.16. The minimum Gasteiger partial charge on any atom is -0.0651 e. The van der Waals surface area contributed by atoms with Crippen LogP contribution < -0.4 is 0 Å². The fourth-order valence-electron chi connectivity index (χ4n) is 3.66. The van der Waals surface area contributed by atoms with E-state index in [1.54, 1.807) is 11.1 Å². The number of hydrogen-bond acceptors (Lipinski definition) is 0. The van der Waals surface area contributed by atoms with E-state index in [2.05, 4.69) is 40.7 Å². The Morgan fingerprint density at radius 2 is 1.42 bits per heavy atom. The first-order valence-corrected chi connectivity index (χ1v) is 8.09. The molecule has 0 aromatic heterocycles. The third-order valence-corrected chi connectivity index (χ3v) is 5.64. The van der Waals surface area contributed by atoms with Gasteiger partial charge in [-0.25, -0.2) is 0 Å². The summed E-state index contributed by atoms with van der Waals surface area (Å²) in [5, 5.41) is 0. The van der Waals surface area contributed by atoms with E-state index in [1.165, 1.54) is 55.2 Å². The molecule has 0 radical (unpaired) electrons. The quantitative estimate of drug-likeness (QED) is 0.654. The molecule has 2 rings (SSSR count). The summed E-state index contributed by atoms with van der Waals surface area (Å²) in [5.74, 6) is 1.95. The summed E-state index contributed by atoms with van der Waals surface area (Å²) in [5.41, 5.74) is 7.62. The molecule has 0 spiro atoms. The molecule has 1 fully saturated rings. The Labute approximate surface area is 119 Å². The van der Waals surface area contributed by atoms with Gasteiger partial charge in [-0.05, 0) is 86.6 Å². The maximum absolute atomic E-state index is 2.45. The molecule has 0 heteroatoms. The van der Waals surface area contributed by atoms with Gasteiger partial charge in [0.25, 0.3) is 0 Å². The van der Waals surface area contributed by atoms with E-state index in [0.29, 0.717) is 0 Å². The van der Waals surface area contributed by atoms with Crippen molar-refractivity contribution in [3.05, 3.63) is 33.9 Å². The van der Waals surface area contributed by atoms with Gasteiger partial charge in [0.2, 0.25) is 0 Å². The molecule has 0 unspecified atom stereocenters. The molecule has 0 N–H and O–H groups in total. The van der Waals surface area contributed by atoms with E-state index in [0.717, 1.165) is 11.8 Å². The average Bonchev–Trinajstić information content (AvgIpc) is 2.43. The second kappa shape index (κ2) is 6.11. The van der Waals surface area contributed by atoms with Crippen LogP contribution in [0.25, 0.3) is 0 Å². The van der Waals surface area contributed by atoms with Crippen molar-refractivity contribution in [2.75, 3.05) is 0 Å². The van der Waals surface area contributed by atoms with E-state index in [4.69, 9.17) is 0 Å². The molecule has 0 nitrogen and oxygen atoms in total. The van der Waals surface area contributed by atoms with E-state index in [1.807, 2.05) is 0 Å². The maximum atomic E-state index is 2.45. The standard InChI is InChI=1S/C19H30/c1-6-17-7-9-18(10-8-17)12-19-11-13(2)14(3)15(4)16(19)5/h11,17-18H,6-10,12H2,1-5H3. The van der Waals surface area contributed by atoms with Crippen LogP contribution in [-0.2, 0) is 6.42 Å². The van der Waals surface area contributed by atoms with Crippen LogP contribution in [0.4, 0.5) is 0 Å². The molecule has 0 aliphatic heterocycles. The summed E-state index contributed by atoms with van der Waals surface area (Å²) in [6, 6.07) is 2.45. The van der Waals surface area contributed by atoms with Crippen molar-refractivity contribution in [2.45, 2.75) is 73.1 Å². The van der Waals surface area contributed by atoms with E-state index >= 15 is 0 Å². The summed E-state index contributed by atoms with van der Waals surface area (Å²) >= 11 is 0. The number of rotatable bonds is 3. The summed E-state index contributed by atoms with van der Waals surface area (Å²) in [6.45, 7) is 11.5. The van der Waals surface area contributed by atoms with Crippen LogP contribution in [-0.4, -0.2) is 0 Å². The van der Waals surface area contributed by atoms with Gasteiger partial charge in [0.15, 0.2) is 0 Å². The fourth-order valence-corrected chi connectivity index (χ4v) is 3.66. The molecule has 1 aliphatic carbocycles. The molecule has 1 aromatic carbocycles. The van der Waals surface area contributed by atoms with Gasteiger partial charge in [0, 0.05) is 0 Å². The van der Waals surface area contributed by atoms with Crippen LogP contribution in [0.15, 0.2) is 6.07 Å². The smallest absolute Gasteiger partial charge is 0.0248 e. The molecule has 0 amide bonds. The van der Waals surface area contributed by atoms with Crippen molar-refractivity contribution in [1.82, 2.24) is 0 Å². The summed E-state index contributed by atoms with van der Waals surface area (Å²) in [6.07, 6.45) is 8.51. The van der Waals surface area contributed by atoms with Gasteiger partial charge < -0.3 is 0 Å². The van der Waals surface area contributed by atoms with E-state index in [-0.39, 0.29) is 0 Å². The minimum atomic E-state index is 0.933. The summed E-state index contributed by atoms with van der Waals surface area (Å²) in [4.78, 5) is 0. The predicted molar refractivity (Wildman–Crippen MR) is 84.8 cm³/mol. The maximum Gasteiger partial charge on any atom is -0.0248 e. The van der Waals surface area contributed by atoms with Crippen LogP contribution in [0.3, 0.4) is 0 Å². The normalized spacial score (nSPS) is 23.6. The Hall–Kier alpha value is -0.780. The van der Waals surface area contributed by atoms with Crippen molar-refractivity contribution < 1.29 is 0 Å². The molecule has 0 atom stereocenters. The van der Waals surface area contributed by atoms with Crippen LogP contribution in [0.1, 0.15) is 66.8 Å². The van der Waals surface area contributed by atoms with Crippen LogP contribution in [0.2, 0.25) is 0 Å². The monoisotopic (exact) mass is 258 g/mol. The van der Waals surface area contributed by atoms with Gasteiger partial charge in [-0.3, -0.25) is 0 Å². The fraction of sp³-hybridized carbons (Fsp3) is 0.684. The van der Waals surface area contributed by atoms with E-state index in [9.17, 15) is 0 Å². The molecule has 0 bridgehead atoms. The van der Waals surface area contributed by atoms with Gasteiger partial charge in [-0.15, -0.1) is 0 Å². The van der Waals surface area contributed by atoms with E-state index < -0.39 is 0 Å². The average molecular weight is 258 g/mol. The predicted octanol–water partition coefficient (Wildman–Crippen LogP) is 5.68. The number of aryl methyl sites for hydroxylation is 1. The second-order valence-corrected chi connectivity index (χ2v) is 6.73. The van der Waals surface area contributed by atoms with Crippen molar-refractivity contribution in [3.8, 4) is 0 Å². The van der Waals surface area contributed by atoms with Crippen LogP contribution in [0.5, 0.6) is 0 Å². The molecule has 1 aromatic rings. The molecular weight excluding hydrogens is 228 g/mol. The largest absolute Gasteiger partial charge is 0.0651 e. The Kier molecular flexibility index (Phi) is 4.71.